The van der Waals surface area contributed by atoms with Gasteiger partial charge in [0.05, 0.1) is 10.7 Å². The van der Waals surface area contributed by atoms with Crippen LogP contribution in [0.4, 0.5) is 5.69 Å². The lowest BCUT2D eigenvalue weighted by Gasteiger charge is -2.08. The molecule has 0 fully saturated rings. The van der Waals surface area contributed by atoms with Crippen LogP contribution in [0.5, 0.6) is 0 Å². The number of nitrogens with one attached hydrogen (secondary N) is 1. The number of ether oxygens (including phenoxy) is 1. The zero-order chi connectivity index (χ0) is 13.5. The van der Waals surface area contributed by atoms with Crippen molar-refractivity contribution in [3.05, 3.63) is 28.8 Å². The van der Waals surface area contributed by atoms with E-state index in [1.54, 1.807) is 19.1 Å². The molecular weight excluding hydrogens is 258 g/mol. The van der Waals surface area contributed by atoms with E-state index in [0.29, 0.717) is 22.9 Å². The first kappa shape index (κ1) is 14.3. The molecule has 0 aromatic heterocycles. The van der Waals surface area contributed by atoms with Crippen molar-refractivity contribution in [1.29, 1.82) is 0 Å². The van der Waals surface area contributed by atoms with Crippen molar-refractivity contribution < 1.29 is 14.7 Å². The molecule has 1 amide bonds. The smallest absolute Gasteiger partial charge is 0.250 e. The Morgan fingerprint density at radius 1 is 1.61 bits per heavy atom. The van der Waals surface area contributed by atoms with Gasteiger partial charge in [-0.15, -0.1) is 0 Å². The predicted octanol–water partition coefficient (Wildman–Crippen LogP) is 1.41. The van der Waals surface area contributed by atoms with Gasteiger partial charge in [0.15, 0.2) is 5.84 Å². The van der Waals surface area contributed by atoms with E-state index in [-0.39, 0.29) is 18.3 Å². The molecule has 7 heteroatoms. The number of amides is 1. The van der Waals surface area contributed by atoms with Gasteiger partial charge >= 0.3 is 0 Å². The topological polar surface area (TPSA) is 96.9 Å². The molecule has 0 radical (unpaired) electrons. The van der Waals surface area contributed by atoms with Crippen molar-refractivity contribution in [3.63, 3.8) is 0 Å². The number of rotatable bonds is 5. The summed E-state index contributed by atoms with van der Waals surface area (Å²) in [6, 6.07) is 4.64. The van der Waals surface area contributed by atoms with Gasteiger partial charge < -0.3 is 21.0 Å². The average Bonchev–Trinajstić information content (AvgIpc) is 2.37. The summed E-state index contributed by atoms with van der Waals surface area (Å²) in [5.41, 5.74) is 6.32. The number of anilines is 1. The number of hydrogen-bond acceptors (Lipinski definition) is 4. The number of benzene rings is 1. The molecule has 0 saturated heterocycles. The Morgan fingerprint density at radius 3 is 2.89 bits per heavy atom. The van der Waals surface area contributed by atoms with E-state index in [0.717, 1.165) is 0 Å². The standard InChI is InChI=1S/C11H14ClN3O3/c1-2-18-6-10(16)14-9-4-3-7(5-8(9)12)11(13)15-17/h3-5,17H,2,6H2,1H3,(H2,13,15)(H,14,16). The van der Waals surface area contributed by atoms with Gasteiger partial charge in [0.1, 0.15) is 6.61 Å². The predicted molar refractivity (Wildman–Crippen MR) is 69.1 cm³/mol. The van der Waals surface area contributed by atoms with Crippen molar-refractivity contribution in [2.75, 3.05) is 18.5 Å². The Morgan fingerprint density at radius 2 is 2.33 bits per heavy atom. The highest BCUT2D eigenvalue weighted by Crippen LogP contribution is 2.22. The second-order valence-corrected chi connectivity index (χ2v) is 3.77. The van der Waals surface area contributed by atoms with Gasteiger partial charge in [-0.1, -0.05) is 16.8 Å². The molecule has 18 heavy (non-hydrogen) atoms. The number of carbonyl (C=O) groups is 1. The van der Waals surface area contributed by atoms with Crippen molar-refractivity contribution in [3.8, 4) is 0 Å². The molecule has 0 saturated carbocycles. The van der Waals surface area contributed by atoms with E-state index in [9.17, 15) is 4.79 Å². The Kier molecular flexibility index (Phi) is 5.41. The van der Waals surface area contributed by atoms with E-state index >= 15 is 0 Å². The molecule has 4 N–H and O–H groups in total. The fourth-order valence-electron chi connectivity index (χ4n) is 1.21. The third kappa shape index (κ3) is 3.90. The van der Waals surface area contributed by atoms with Gasteiger partial charge in [0.25, 0.3) is 0 Å². The van der Waals surface area contributed by atoms with E-state index in [1.807, 2.05) is 0 Å². The zero-order valence-electron chi connectivity index (χ0n) is 9.81. The second-order valence-electron chi connectivity index (χ2n) is 3.37. The highest BCUT2D eigenvalue weighted by Gasteiger charge is 2.08. The summed E-state index contributed by atoms with van der Waals surface area (Å²) in [7, 11) is 0. The summed E-state index contributed by atoms with van der Waals surface area (Å²) in [4.78, 5) is 11.4. The lowest BCUT2D eigenvalue weighted by Crippen LogP contribution is -2.19. The Hall–Kier alpha value is -1.79. The summed E-state index contributed by atoms with van der Waals surface area (Å²) in [6.45, 7) is 2.23. The minimum Gasteiger partial charge on any atom is -0.409 e. The third-order valence-electron chi connectivity index (χ3n) is 2.08. The Balaban J connectivity index is 2.77. The van der Waals surface area contributed by atoms with Crippen molar-refractivity contribution in [2.45, 2.75) is 6.92 Å². The molecule has 1 aromatic carbocycles. The summed E-state index contributed by atoms with van der Waals surface area (Å²) < 4.78 is 4.96. The Labute approximate surface area is 109 Å². The second kappa shape index (κ2) is 6.83. The van der Waals surface area contributed by atoms with Crippen LogP contribution in [0.3, 0.4) is 0 Å². The summed E-state index contributed by atoms with van der Waals surface area (Å²) in [6.07, 6.45) is 0. The van der Waals surface area contributed by atoms with Crippen LogP contribution in [-0.2, 0) is 9.53 Å². The highest BCUT2D eigenvalue weighted by molar-refractivity contribution is 6.34. The fourth-order valence-corrected chi connectivity index (χ4v) is 1.44. The number of oxime groups is 1. The number of hydrogen-bond donors (Lipinski definition) is 3. The van der Waals surface area contributed by atoms with Crippen molar-refractivity contribution >= 4 is 29.0 Å². The molecule has 0 unspecified atom stereocenters. The van der Waals surface area contributed by atoms with E-state index in [2.05, 4.69) is 10.5 Å². The normalized spacial score (nSPS) is 11.3. The van der Waals surface area contributed by atoms with Gasteiger partial charge in [-0.25, -0.2) is 0 Å². The molecule has 6 nitrogen and oxygen atoms in total. The zero-order valence-corrected chi connectivity index (χ0v) is 10.6. The maximum Gasteiger partial charge on any atom is 0.250 e. The van der Waals surface area contributed by atoms with Crippen molar-refractivity contribution in [1.82, 2.24) is 0 Å². The molecule has 0 atom stereocenters. The summed E-state index contributed by atoms with van der Waals surface area (Å²) in [5, 5.41) is 14.3. The maximum atomic E-state index is 11.4. The van der Waals surface area contributed by atoms with Gasteiger partial charge in [0, 0.05) is 12.2 Å². The number of nitrogens with zero attached hydrogens (tertiary/aromatic N) is 1. The first-order valence-corrected chi connectivity index (χ1v) is 5.61. The molecule has 1 rings (SSSR count). The molecule has 0 spiro atoms. The minimum absolute atomic E-state index is 0.0329. The van der Waals surface area contributed by atoms with Crippen LogP contribution in [0.2, 0.25) is 5.02 Å². The molecule has 0 aliphatic heterocycles. The molecule has 0 bridgehead atoms. The maximum absolute atomic E-state index is 11.4. The van der Waals surface area contributed by atoms with Crippen LogP contribution in [0.1, 0.15) is 12.5 Å². The van der Waals surface area contributed by atoms with Crippen molar-refractivity contribution in [2.24, 2.45) is 10.9 Å². The largest absolute Gasteiger partial charge is 0.409 e. The fraction of sp³-hybridized carbons (Fsp3) is 0.273. The van der Waals surface area contributed by atoms with Crippen LogP contribution in [0.15, 0.2) is 23.4 Å². The molecule has 0 aliphatic carbocycles. The monoisotopic (exact) mass is 271 g/mol. The van der Waals surface area contributed by atoms with Crippen LogP contribution in [0.25, 0.3) is 0 Å². The SMILES string of the molecule is CCOCC(=O)Nc1ccc(/C(N)=N/O)cc1Cl. The first-order chi connectivity index (χ1) is 8.58. The molecule has 0 heterocycles. The lowest BCUT2D eigenvalue weighted by atomic mass is 10.2. The van der Waals surface area contributed by atoms with Gasteiger partial charge in [-0.3, -0.25) is 4.79 Å². The summed E-state index contributed by atoms with van der Waals surface area (Å²) in [5.74, 6) is -0.348. The number of nitrogens with two attached hydrogens (primary N) is 1. The van der Waals surface area contributed by atoms with Crippen LogP contribution in [-0.4, -0.2) is 30.2 Å². The number of halogens is 1. The molecule has 0 aliphatic rings. The van der Waals surface area contributed by atoms with Gasteiger partial charge in [-0.05, 0) is 25.1 Å². The molecule has 98 valence electrons. The minimum atomic E-state index is -0.296. The van der Waals surface area contributed by atoms with E-state index < -0.39 is 0 Å². The number of carbonyl (C=O) groups excluding carboxylic acids is 1. The van der Waals surface area contributed by atoms with Crippen LogP contribution < -0.4 is 11.1 Å². The lowest BCUT2D eigenvalue weighted by molar-refractivity contribution is -0.120. The molecular formula is C11H14ClN3O3. The highest BCUT2D eigenvalue weighted by atomic mass is 35.5. The average molecular weight is 272 g/mol. The van der Waals surface area contributed by atoms with E-state index in [1.165, 1.54) is 6.07 Å². The summed E-state index contributed by atoms with van der Waals surface area (Å²) >= 11 is 5.96. The first-order valence-electron chi connectivity index (χ1n) is 5.23. The molecule has 1 aromatic rings. The van der Waals surface area contributed by atoms with Crippen LogP contribution in [0, 0.1) is 0 Å². The Bertz CT molecular complexity index is 463. The van der Waals surface area contributed by atoms with Crippen LogP contribution >= 0.6 is 11.6 Å². The van der Waals surface area contributed by atoms with Gasteiger partial charge in [-0.2, -0.15) is 0 Å². The quantitative estimate of drug-likeness (QED) is 0.326. The third-order valence-corrected chi connectivity index (χ3v) is 2.40. The number of amidine groups is 1. The van der Waals surface area contributed by atoms with Gasteiger partial charge in [0.2, 0.25) is 5.91 Å². The van der Waals surface area contributed by atoms with E-state index in [4.69, 9.17) is 27.3 Å².